The van der Waals surface area contributed by atoms with E-state index < -0.39 is 0 Å². The molecule has 1 aliphatic heterocycles. The number of rotatable bonds is 6. The molecule has 1 saturated heterocycles. The molecule has 1 fully saturated rings. The third-order valence-corrected chi connectivity index (χ3v) is 3.27. The van der Waals surface area contributed by atoms with E-state index in [1.165, 1.54) is 0 Å². The van der Waals surface area contributed by atoms with E-state index in [0.29, 0.717) is 6.61 Å². The monoisotopic (exact) mass is 265 g/mol. The van der Waals surface area contributed by atoms with Crippen LogP contribution in [0.3, 0.4) is 0 Å². The van der Waals surface area contributed by atoms with E-state index in [0.717, 1.165) is 50.8 Å². The van der Waals surface area contributed by atoms with E-state index in [4.69, 9.17) is 9.47 Å². The van der Waals surface area contributed by atoms with E-state index in [2.05, 4.69) is 21.8 Å². The molecule has 0 radical (unpaired) electrons. The summed E-state index contributed by atoms with van der Waals surface area (Å²) in [7, 11) is 0. The summed E-state index contributed by atoms with van der Waals surface area (Å²) in [6.07, 6.45) is 3.71. The average Bonchev–Trinajstić information content (AvgIpc) is 2.45. The van der Waals surface area contributed by atoms with Crippen LogP contribution in [0.2, 0.25) is 0 Å². The molecule has 5 nitrogen and oxygen atoms in total. The van der Waals surface area contributed by atoms with Crippen LogP contribution in [0.1, 0.15) is 24.2 Å². The Kier molecular flexibility index (Phi) is 5.69. The number of nitrogens with zero attached hydrogens (tertiary/aromatic N) is 3. The van der Waals surface area contributed by atoms with Gasteiger partial charge >= 0.3 is 0 Å². The average molecular weight is 265 g/mol. The van der Waals surface area contributed by atoms with E-state index in [9.17, 15) is 0 Å². The Morgan fingerprint density at radius 1 is 1.32 bits per heavy atom. The molecule has 0 bridgehead atoms. The summed E-state index contributed by atoms with van der Waals surface area (Å²) in [6.45, 7) is 10.2. The van der Waals surface area contributed by atoms with Crippen molar-refractivity contribution >= 4 is 0 Å². The van der Waals surface area contributed by atoms with Crippen molar-refractivity contribution in [2.24, 2.45) is 0 Å². The van der Waals surface area contributed by atoms with Crippen LogP contribution in [-0.4, -0.2) is 60.9 Å². The first kappa shape index (κ1) is 14.4. The molecule has 1 aromatic rings. The number of morpholine rings is 1. The molecule has 0 aromatic carbocycles. The number of hydrogen-bond donors (Lipinski definition) is 0. The van der Waals surface area contributed by atoms with Gasteiger partial charge in [-0.2, -0.15) is 0 Å². The lowest BCUT2D eigenvalue weighted by atomic mass is 10.2. The van der Waals surface area contributed by atoms with Crippen LogP contribution in [0.15, 0.2) is 12.4 Å². The summed E-state index contributed by atoms with van der Waals surface area (Å²) < 4.78 is 11.0. The molecule has 0 N–H and O–H groups in total. The van der Waals surface area contributed by atoms with E-state index in [-0.39, 0.29) is 5.92 Å². The Morgan fingerprint density at radius 2 is 2.00 bits per heavy atom. The molecule has 1 aromatic heterocycles. The zero-order valence-corrected chi connectivity index (χ0v) is 11.8. The van der Waals surface area contributed by atoms with Gasteiger partial charge in [0.15, 0.2) is 0 Å². The summed E-state index contributed by atoms with van der Waals surface area (Å²) in [6, 6.07) is 0. The number of ether oxygens (including phenoxy) is 2. The van der Waals surface area contributed by atoms with Crippen LogP contribution in [0, 0.1) is 6.92 Å². The van der Waals surface area contributed by atoms with Gasteiger partial charge in [-0.15, -0.1) is 0 Å². The van der Waals surface area contributed by atoms with Crippen molar-refractivity contribution in [3.8, 4) is 0 Å². The molecule has 0 spiro atoms. The predicted molar refractivity (Wildman–Crippen MR) is 73.3 cm³/mol. The molecule has 1 unspecified atom stereocenters. The van der Waals surface area contributed by atoms with Crippen molar-refractivity contribution in [2.75, 3.05) is 46.1 Å². The molecule has 1 atom stereocenters. The minimum atomic E-state index is 0.241. The van der Waals surface area contributed by atoms with Gasteiger partial charge in [0.05, 0.1) is 26.4 Å². The molecular weight excluding hydrogens is 242 g/mol. The maximum Gasteiger partial charge on any atom is 0.133 e. The highest BCUT2D eigenvalue weighted by Gasteiger charge is 2.11. The fraction of sp³-hybridized carbons (Fsp3) is 0.714. The lowest BCUT2D eigenvalue weighted by molar-refractivity contribution is 0.0190. The Hall–Kier alpha value is -1.04. The normalized spacial score (nSPS) is 18.4. The van der Waals surface area contributed by atoms with Crippen LogP contribution in [0.25, 0.3) is 0 Å². The lowest BCUT2D eigenvalue weighted by Crippen LogP contribution is -2.38. The minimum Gasteiger partial charge on any atom is -0.379 e. The fourth-order valence-electron chi connectivity index (χ4n) is 2.01. The first-order valence-corrected chi connectivity index (χ1v) is 6.92. The molecule has 19 heavy (non-hydrogen) atoms. The van der Waals surface area contributed by atoms with Gasteiger partial charge in [0, 0.05) is 37.9 Å². The molecule has 106 valence electrons. The topological polar surface area (TPSA) is 47.5 Å². The molecular formula is C14H23N3O2. The van der Waals surface area contributed by atoms with Crippen molar-refractivity contribution in [2.45, 2.75) is 19.8 Å². The molecule has 5 heteroatoms. The van der Waals surface area contributed by atoms with Gasteiger partial charge in [-0.3, -0.25) is 4.90 Å². The SMILES string of the molecule is Cc1cnc(C(C)COCCN2CCOCC2)nc1. The highest BCUT2D eigenvalue weighted by atomic mass is 16.5. The van der Waals surface area contributed by atoms with E-state index >= 15 is 0 Å². The summed E-state index contributed by atoms with van der Waals surface area (Å²) in [5.41, 5.74) is 1.09. The second-order valence-corrected chi connectivity index (χ2v) is 5.05. The van der Waals surface area contributed by atoms with E-state index in [1.807, 2.05) is 19.3 Å². The second kappa shape index (κ2) is 7.53. The Bertz CT molecular complexity index is 363. The zero-order chi connectivity index (χ0) is 13.5. The number of hydrogen-bond acceptors (Lipinski definition) is 5. The Balaban J connectivity index is 1.63. The second-order valence-electron chi connectivity index (χ2n) is 5.05. The van der Waals surface area contributed by atoms with Gasteiger partial charge in [-0.1, -0.05) is 6.92 Å². The molecule has 0 saturated carbocycles. The maximum atomic E-state index is 5.72. The van der Waals surface area contributed by atoms with E-state index in [1.54, 1.807) is 0 Å². The Labute approximate surface area is 115 Å². The van der Waals surface area contributed by atoms with Crippen molar-refractivity contribution in [1.82, 2.24) is 14.9 Å². The van der Waals surface area contributed by atoms with Crippen LogP contribution >= 0.6 is 0 Å². The summed E-state index contributed by atoms with van der Waals surface area (Å²) in [5.74, 6) is 1.10. The minimum absolute atomic E-state index is 0.241. The molecule has 1 aliphatic rings. The van der Waals surface area contributed by atoms with Gasteiger partial charge in [-0.05, 0) is 12.5 Å². The van der Waals surface area contributed by atoms with Crippen LogP contribution in [-0.2, 0) is 9.47 Å². The summed E-state index contributed by atoms with van der Waals surface area (Å²) >= 11 is 0. The molecule has 2 rings (SSSR count). The van der Waals surface area contributed by atoms with Crippen LogP contribution in [0.4, 0.5) is 0 Å². The van der Waals surface area contributed by atoms with Crippen molar-refractivity contribution in [3.63, 3.8) is 0 Å². The zero-order valence-electron chi connectivity index (χ0n) is 11.8. The largest absolute Gasteiger partial charge is 0.379 e. The number of aryl methyl sites for hydroxylation is 1. The highest BCUT2D eigenvalue weighted by molar-refractivity contribution is 5.04. The first-order chi connectivity index (χ1) is 9.25. The van der Waals surface area contributed by atoms with Crippen LogP contribution in [0.5, 0.6) is 0 Å². The lowest BCUT2D eigenvalue weighted by Gasteiger charge is -2.26. The summed E-state index contributed by atoms with van der Waals surface area (Å²) in [5, 5.41) is 0. The third kappa shape index (κ3) is 4.86. The number of aromatic nitrogens is 2. The van der Waals surface area contributed by atoms with Gasteiger partial charge in [0.25, 0.3) is 0 Å². The van der Waals surface area contributed by atoms with Gasteiger partial charge < -0.3 is 9.47 Å². The third-order valence-electron chi connectivity index (χ3n) is 3.27. The predicted octanol–water partition coefficient (Wildman–Crippen LogP) is 1.24. The van der Waals surface area contributed by atoms with Gasteiger partial charge in [0.2, 0.25) is 0 Å². The molecule has 0 amide bonds. The maximum absolute atomic E-state index is 5.72. The van der Waals surface area contributed by atoms with Crippen molar-refractivity contribution in [1.29, 1.82) is 0 Å². The fourth-order valence-corrected chi connectivity index (χ4v) is 2.01. The highest BCUT2D eigenvalue weighted by Crippen LogP contribution is 2.10. The van der Waals surface area contributed by atoms with Crippen molar-refractivity contribution in [3.05, 3.63) is 23.8 Å². The van der Waals surface area contributed by atoms with Crippen LogP contribution < -0.4 is 0 Å². The van der Waals surface area contributed by atoms with Crippen molar-refractivity contribution < 1.29 is 9.47 Å². The standard InChI is InChI=1S/C14H23N3O2/c1-12-9-15-14(16-10-12)13(2)11-19-8-5-17-3-6-18-7-4-17/h9-10,13H,3-8,11H2,1-2H3. The van der Waals surface area contributed by atoms with Gasteiger partial charge in [0.1, 0.15) is 5.82 Å². The smallest absolute Gasteiger partial charge is 0.133 e. The first-order valence-electron chi connectivity index (χ1n) is 6.92. The molecule has 2 heterocycles. The summed E-state index contributed by atoms with van der Waals surface area (Å²) in [4.78, 5) is 11.0. The molecule has 0 aliphatic carbocycles. The Morgan fingerprint density at radius 3 is 2.68 bits per heavy atom. The van der Waals surface area contributed by atoms with Gasteiger partial charge in [-0.25, -0.2) is 9.97 Å². The quantitative estimate of drug-likeness (QED) is 0.724.